The molecule has 1 aromatic rings. The summed E-state index contributed by atoms with van der Waals surface area (Å²) in [6.07, 6.45) is 9.15. The Labute approximate surface area is 99.3 Å². The summed E-state index contributed by atoms with van der Waals surface area (Å²) >= 11 is 0. The smallest absolute Gasteiger partial charge is 0.122 e. The van der Waals surface area contributed by atoms with E-state index in [-0.39, 0.29) is 0 Å². The second-order valence-electron chi connectivity index (χ2n) is 4.41. The summed E-state index contributed by atoms with van der Waals surface area (Å²) in [5, 5.41) is 3.54. The lowest BCUT2D eigenvalue weighted by atomic mass is 10.1. The van der Waals surface area contributed by atoms with Crippen LogP contribution in [0.1, 0.15) is 52.3 Å². The molecule has 16 heavy (non-hydrogen) atoms. The van der Waals surface area contributed by atoms with E-state index in [0.29, 0.717) is 6.04 Å². The summed E-state index contributed by atoms with van der Waals surface area (Å²) in [4.78, 5) is 4.36. The van der Waals surface area contributed by atoms with Crippen molar-refractivity contribution in [3.8, 4) is 0 Å². The molecule has 1 aromatic heterocycles. The molecule has 92 valence electrons. The van der Waals surface area contributed by atoms with Gasteiger partial charge in [-0.05, 0) is 20.3 Å². The van der Waals surface area contributed by atoms with E-state index >= 15 is 0 Å². The fourth-order valence-corrected chi connectivity index (χ4v) is 1.86. The topological polar surface area (TPSA) is 29.9 Å². The van der Waals surface area contributed by atoms with Gasteiger partial charge >= 0.3 is 0 Å². The number of aryl methyl sites for hydroxylation is 1. The first-order valence-corrected chi connectivity index (χ1v) is 6.51. The highest BCUT2D eigenvalue weighted by molar-refractivity contribution is 4.91. The van der Waals surface area contributed by atoms with Gasteiger partial charge in [0.05, 0.1) is 6.54 Å². The molecule has 1 unspecified atom stereocenters. The van der Waals surface area contributed by atoms with Crippen LogP contribution < -0.4 is 5.32 Å². The number of nitrogens with one attached hydrogen (secondary N) is 1. The molecule has 0 saturated carbocycles. The highest BCUT2D eigenvalue weighted by atomic mass is 15.1. The maximum atomic E-state index is 4.36. The average molecular weight is 223 g/mol. The summed E-state index contributed by atoms with van der Waals surface area (Å²) in [6, 6.07) is 0.591. The molecular formula is C13H25N3. The number of hydrogen-bond acceptors (Lipinski definition) is 2. The standard InChI is InChI=1S/C13H25N3/c1-4-6-7-8-12(3)15-11-13-14-9-10-16(13)5-2/h9-10,12,15H,4-8,11H2,1-3H3. The molecule has 1 N–H and O–H groups in total. The Morgan fingerprint density at radius 3 is 2.88 bits per heavy atom. The first-order valence-electron chi connectivity index (χ1n) is 6.51. The lowest BCUT2D eigenvalue weighted by Gasteiger charge is -2.13. The normalized spacial score (nSPS) is 12.9. The molecular weight excluding hydrogens is 198 g/mol. The molecule has 3 heteroatoms. The van der Waals surface area contributed by atoms with Crippen LogP contribution in [0.2, 0.25) is 0 Å². The molecule has 1 rings (SSSR count). The molecule has 1 atom stereocenters. The molecule has 0 radical (unpaired) electrons. The Balaban J connectivity index is 2.23. The maximum absolute atomic E-state index is 4.36. The molecule has 1 heterocycles. The van der Waals surface area contributed by atoms with Crippen LogP contribution in [0.4, 0.5) is 0 Å². The first-order chi connectivity index (χ1) is 7.77. The van der Waals surface area contributed by atoms with Crippen molar-refractivity contribution in [1.29, 1.82) is 0 Å². The number of unbranched alkanes of at least 4 members (excludes halogenated alkanes) is 2. The summed E-state index contributed by atoms with van der Waals surface area (Å²) in [7, 11) is 0. The van der Waals surface area contributed by atoms with Crippen molar-refractivity contribution in [2.45, 2.75) is 65.6 Å². The third-order valence-corrected chi connectivity index (χ3v) is 2.99. The van der Waals surface area contributed by atoms with Gasteiger partial charge in [0.15, 0.2) is 0 Å². The molecule has 0 aliphatic heterocycles. The Hall–Kier alpha value is -0.830. The van der Waals surface area contributed by atoms with Crippen LogP contribution in [0.3, 0.4) is 0 Å². The number of nitrogens with zero attached hydrogens (tertiary/aromatic N) is 2. The summed E-state index contributed by atoms with van der Waals surface area (Å²) in [5.74, 6) is 1.14. The van der Waals surface area contributed by atoms with E-state index in [1.54, 1.807) is 0 Å². The number of hydrogen-bond donors (Lipinski definition) is 1. The fraction of sp³-hybridized carbons (Fsp3) is 0.769. The number of aromatic nitrogens is 2. The van der Waals surface area contributed by atoms with Gasteiger partial charge < -0.3 is 9.88 Å². The molecule has 0 amide bonds. The van der Waals surface area contributed by atoms with E-state index < -0.39 is 0 Å². The van der Waals surface area contributed by atoms with Crippen molar-refractivity contribution < 1.29 is 0 Å². The van der Waals surface area contributed by atoms with Gasteiger partial charge in [0.25, 0.3) is 0 Å². The fourth-order valence-electron chi connectivity index (χ4n) is 1.86. The van der Waals surface area contributed by atoms with Gasteiger partial charge in [-0.1, -0.05) is 26.2 Å². The summed E-state index contributed by atoms with van der Waals surface area (Å²) in [6.45, 7) is 8.54. The van der Waals surface area contributed by atoms with E-state index in [1.165, 1.54) is 25.7 Å². The molecule has 0 bridgehead atoms. The third-order valence-electron chi connectivity index (χ3n) is 2.99. The van der Waals surface area contributed by atoms with Gasteiger partial charge in [-0.15, -0.1) is 0 Å². The highest BCUT2D eigenvalue weighted by Crippen LogP contribution is 2.04. The molecule has 3 nitrogen and oxygen atoms in total. The molecule has 0 aliphatic carbocycles. The summed E-state index contributed by atoms with van der Waals surface area (Å²) < 4.78 is 2.19. The van der Waals surface area contributed by atoms with E-state index in [1.807, 2.05) is 12.4 Å². The Morgan fingerprint density at radius 1 is 1.38 bits per heavy atom. The van der Waals surface area contributed by atoms with Crippen molar-refractivity contribution in [2.24, 2.45) is 0 Å². The maximum Gasteiger partial charge on any atom is 0.122 e. The lowest BCUT2D eigenvalue weighted by molar-refractivity contribution is 0.473. The van der Waals surface area contributed by atoms with Crippen LogP contribution >= 0.6 is 0 Å². The largest absolute Gasteiger partial charge is 0.334 e. The van der Waals surface area contributed by atoms with Crippen LogP contribution in [0.5, 0.6) is 0 Å². The van der Waals surface area contributed by atoms with Gasteiger partial charge in [0.1, 0.15) is 5.82 Å². The zero-order valence-corrected chi connectivity index (χ0v) is 10.9. The van der Waals surface area contributed by atoms with Crippen LogP contribution in [0, 0.1) is 0 Å². The Morgan fingerprint density at radius 2 is 2.19 bits per heavy atom. The first kappa shape index (κ1) is 13.2. The van der Waals surface area contributed by atoms with Gasteiger partial charge in [-0.3, -0.25) is 0 Å². The molecule has 0 spiro atoms. The van der Waals surface area contributed by atoms with Gasteiger partial charge in [0.2, 0.25) is 0 Å². The van der Waals surface area contributed by atoms with Gasteiger partial charge in [-0.2, -0.15) is 0 Å². The Bertz CT molecular complexity index is 280. The van der Waals surface area contributed by atoms with Gasteiger partial charge in [-0.25, -0.2) is 4.98 Å². The SMILES string of the molecule is CCCCCC(C)NCc1nccn1CC. The third kappa shape index (κ3) is 4.35. The predicted molar refractivity (Wildman–Crippen MR) is 68.3 cm³/mol. The number of rotatable bonds is 8. The van der Waals surface area contributed by atoms with E-state index in [0.717, 1.165) is 18.9 Å². The highest BCUT2D eigenvalue weighted by Gasteiger charge is 2.04. The van der Waals surface area contributed by atoms with Crippen molar-refractivity contribution in [3.05, 3.63) is 18.2 Å². The number of imidazole rings is 1. The zero-order valence-electron chi connectivity index (χ0n) is 10.9. The minimum absolute atomic E-state index is 0.591. The zero-order chi connectivity index (χ0) is 11.8. The van der Waals surface area contributed by atoms with Crippen molar-refractivity contribution in [1.82, 2.24) is 14.9 Å². The van der Waals surface area contributed by atoms with Crippen LogP contribution in [0.15, 0.2) is 12.4 Å². The van der Waals surface area contributed by atoms with E-state index in [9.17, 15) is 0 Å². The van der Waals surface area contributed by atoms with Crippen molar-refractivity contribution >= 4 is 0 Å². The van der Waals surface area contributed by atoms with Crippen molar-refractivity contribution in [3.63, 3.8) is 0 Å². The molecule has 0 fully saturated rings. The van der Waals surface area contributed by atoms with E-state index in [2.05, 4.69) is 35.6 Å². The minimum Gasteiger partial charge on any atom is -0.334 e. The Kier molecular flexibility index (Phi) is 6.16. The van der Waals surface area contributed by atoms with E-state index in [4.69, 9.17) is 0 Å². The average Bonchev–Trinajstić information content (AvgIpc) is 2.74. The predicted octanol–water partition coefficient (Wildman–Crippen LogP) is 2.96. The van der Waals surface area contributed by atoms with Gasteiger partial charge in [0, 0.05) is 25.0 Å². The second-order valence-corrected chi connectivity index (χ2v) is 4.41. The molecule has 0 saturated heterocycles. The van der Waals surface area contributed by atoms with Crippen LogP contribution in [-0.2, 0) is 13.1 Å². The summed E-state index contributed by atoms with van der Waals surface area (Å²) in [5.41, 5.74) is 0. The second kappa shape index (κ2) is 7.44. The monoisotopic (exact) mass is 223 g/mol. The van der Waals surface area contributed by atoms with Crippen molar-refractivity contribution in [2.75, 3.05) is 0 Å². The lowest BCUT2D eigenvalue weighted by Crippen LogP contribution is -2.26. The molecule has 0 aromatic carbocycles. The minimum atomic E-state index is 0.591. The molecule has 0 aliphatic rings. The van der Waals surface area contributed by atoms with Crippen LogP contribution in [-0.4, -0.2) is 15.6 Å². The van der Waals surface area contributed by atoms with Crippen LogP contribution in [0.25, 0.3) is 0 Å². The quantitative estimate of drug-likeness (QED) is 0.687.